The molecule has 3 N–H and O–H groups in total. The third-order valence-corrected chi connectivity index (χ3v) is 6.89. The number of carboxylic acids is 1. The summed E-state index contributed by atoms with van der Waals surface area (Å²) in [5.41, 5.74) is 0.748. The zero-order valence-electron chi connectivity index (χ0n) is 17.9. The zero-order chi connectivity index (χ0) is 21.8. The molecule has 0 amide bonds. The summed E-state index contributed by atoms with van der Waals surface area (Å²) in [5.74, 6) is 0.300. The Kier molecular flexibility index (Phi) is 10.6. The summed E-state index contributed by atoms with van der Waals surface area (Å²) < 4.78 is 32.1. The Morgan fingerprint density at radius 2 is 2.03 bits per heavy atom. The van der Waals surface area contributed by atoms with Crippen molar-refractivity contribution in [2.75, 3.05) is 25.4 Å². The second-order valence-corrected chi connectivity index (χ2v) is 9.96. The minimum absolute atomic E-state index is 0.0582. The summed E-state index contributed by atoms with van der Waals surface area (Å²) in [6.45, 7) is 4.83. The van der Waals surface area contributed by atoms with Gasteiger partial charge in [0.05, 0.1) is 12.4 Å². The van der Waals surface area contributed by atoms with Crippen LogP contribution in [0.1, 0.15) is 57.4 Å². The highest BCUT2D eigenvalue weighted by molar-refractivity contribution is 7.89. The summed E-state index contributed by atoms with van der Waals surface area (Å²) in [4.78, 5) is 11.5. The van der Waals surface area contributed by atoms with Gasteiger partial charge < -0.3 is 15.2 Å². The molecule has 1 aliphatic rings. The molecule has 2 atom stereocenters. The Hall–Kier alpha value is -1.64. The Labute approximate surface area is 180 Å². The molecule has 0 saturated carbocycles. The summed E-state index contributed by atoms with van der Waals surface area (Å²) in [6, 6.07) is 6.03. The van der Waals surface area contributed by atoms with E-state index in [0.717, 1.165) is 49.6 Å². The summed E-state index contributed by atoms with van der Waals surface area (Å²) >= 11 is 0. The Balaban J connectivity index is 1.74. The first-order valence-electron chi connectivity index (χ1n) is 11.0. The van der Waals surface area contributed by atoms with Crippen molar-refractivity contribution in [2.45, 2.75) is 64.3 Å². The van der Waals surface area contributed by atoms with E-state index < -0.39 is 22.0 Å². The van der Waals surface area contributed by atoms with Crippen LogP contribution in [-0.4, -0.2) is 51.0 Å². The average Bonchev–Trinajstić information content (AvgIpc) is 2.73. The van der Waals surface area contributed by atoms with Gasteiger partial charge in [0.15, 0.2) is 0 Å². The first-order valence-corrected chi connectivity index (χ1v) is 12.7. The minimum Gasteiger partial charge on any atom is -0.494 e. The molecule has 8 heteroatoms. The molecule has 1 fully saturated rings. The number of carboxylic acid groups (broad SMARTS) is 1. The van der Waals surface area contributed by atoms with Crippen molar-refractivity contribution in [1.82, 2.24) is 10.0 Å². The van der Waals surface area contributed by atoms with Crippen LogP contribution in [0.4, 0.5) is 0 Å². The third kappa shape index (κ3) is 9.45. The maximum Gasteiger partial charge on any atom is 0.322 e. The van der Waals surface area contributed by atoms with Crippen LogP contribution in [0.15, 0.2) is 24.3 Å². The van der Waals surface area contributed by atoms with Gasteiger partial charge in [0.2, 0.25) is 10.0 Å². The first kappa shape index (κ1) is 24.6. The molecule has 1 aliphatic heterocycles. The molecule has 2 rings (SSSR count). The number of unbranched alkanes of at least 4 members (excludes halogenated alkanes) is 2. The van der Waals surface area contributed by atoms with Gasteiger partial charge >= 0.3 is 5.97 Å². The Morgan fingerprint density at radius 3 is 2.67 bits per heavy atom. The maximum atomic E-state index is 12.0. The lowest BCUT2D eigenvalue weighted by Crippen LogP contribution is -2.43. The monoisotopic (exact) mass is 440 g/mol. The number of carbonyl (C=O) groups is 1. The Bertz CT molecular complexity index is 730. The van der Waals surface area contributed by atoms with E-state index in [1.165, 1.54) is 19.3 Å². The number of benzene rings is 1. The van der Waals surface area contributed by atoms with Crippen molar-refractivity contribution < 1.29 is 23.1 Å². The fraction of sp³-hybridized carbons (Fsp3) is 0.682. The topological polar surface area (TPSA) is 105 Å². The lowest BCUT2D eigenvalue weighted by molar-refractivity contribution is -0.138. The van der Waals surface area contributed by atoms with Gasteiger partial charge in [0, 0.05) is 0 Å². The molecule has 0 spiro atoms. The summed E-state index contributed by atoms with van der Waals surface area (Å²) in [6.07, 6.45) is 7.33. The summed E-state index contributed by atoms with van der Waals surface area (Å²) in [7, 11) is -3.60. The van der Waals surface area contributed by atoms with Crippen LogP contribution in [-0.2, 0) is 21.2 Å². The van der Waals surface area contributed by atoms with E-state index in [0.29, 0.717) is 13.0 Å². The van der Waals surface area contributed by atoms with Gasteiger partial charge in [0.25, 0.3) is 0 Å². The van der Waals surface area contributed by atoms with Crippen LogP contribution in [0.25, 0.3) is 0 Å². The number of aliphatic carboxylic acids is 1. The Morgan fingerprint density at radius 1 is 1.27 bits per heavy atom. The highest BCUT2D eigenvalue weighted by Gasteiger charge is 2.24. The molecule has 7 nitrogen and oxygen atoms in total. The highest BCUT2D eigenvalue weighted by atomic mass is 32.2. The van der Waals surface area contributed by atoms with Crippen molar-refractivity contribution >= 4 is 16.0 Å². The molecule has 0 aliphatic carbocycles. The average molecular weight is 441 g/mol. The van der Waals surface area contributed by atoms with Crippen molar-refractivity contribution in [3.63, 3.8) is 0 Å². The predicted molar refractivity (Wildman–Crippen MR) is 118 cm³/mol. The second kappa shape index (κ2) is 12.9. The molecule has 30 heavy (non-hydrogen) atoms. The van der Waals surface area contributed by atoms with E-state index in [9.17, 15) is 18.3 Å². The standard InChI is InChI=1S/C22H36N2O5S/c1-2-3-15-30(27,28)24-21(22(25)26)16-18-9-11-20(12-10-18)29-14-5-4-7-19-8-6-13-23-17-19/h9-12,19,21,23-24H,2-8,13-17H2,1H3,(H,25,26)/t19?,21-/m0/s1. The zero-order valence-corrected chi connectivity index (χ0v) is 18.8. The fourth-order valence-electron chi connectivity index (χ4n) is 3.64. The van der Waals surface area contributed by atoms with Gasteiger partial charge in [-0.1, -0.05) is 25.5 Å². The van der Waals surface area contributed by atoms with Crippen LogP contribution in [0.2, 0.25) is 0 Å². The van der Waals surface area contributed by atoms with E-state index in [1.54, 1.807) is 12.1 Å². The van der Waals surface area contributed by atoms with Crippen molar-refractivity contribution in [3.8, 4) is 5.75 Å². The van der Waals surface area contributed by atoms with Gasteiger partial charge in [-0.15, -0.1) is 0 Å². The van der Waals surface area contributed by atoms with E-state index in [1.807, 2.05) is 19.1 Å². The molecule has 1 saturated heterocycles. The number of rotatable bonds is 14. The molecule has 0 radical (unpaired) electrons. The molecule has 0 bridgehead atoms. The van der Waals surface area contributed by atoms with E-state index >= 15 is 0 Å². The molecule has 170 valence electrons. The SMILES string of the molecule is CCCCS(=O)(=O)N[C@@H](Cc1ccc(OCCCCC2CCCNC2)cc1)C(=O)O. The van der Waals surface area contributed by atoms with E-state index in [-0.39, 0.29) is 12.2 Å². The molecule has 0 aromatic heterocycles. The van der Waals surface area contributed by atoms with Crippen LogP contribution in [0.3, 0.4) is 0 Å². The quantitative estimate of drug-likeness (QED) is 0.384. The van der Waals surface area contributed by atoms with Gasteiger partial charge in [-0.2, -0.15) is 0 Å². The largest absolute Gasteiger partial charge is 0.494 e. The molecule has 1 aromatic carbocycles. The van der Waals surface area contributed by atoms with E-state index in [2.05, 4.69) is 10.0 Å². The summed E-state index contributed by atoms with van der Waals surface area (Å²) in [5, 5.41) is 12.8. The van der Waals surface area contributed by atoms with Gasteiger partial charge in [-0.05, 0) is 81.6 Å². The number of ether oxygens (including phenoxy) is 1. The lowest BCUT2D eigenvalue weighted by Gasteiger charge is -2.22. The number of nitrogens with one attached hydrogen (secondary N) is 2. The van der Waals surface area contributed by atoms with Gasteiger partial charge in [-0.25, -0.2) is 13.1 Å². The van der Waals surface area contributed by atoms with Crippen molar-refractivity contribution in [1.29, 1.82) is 0 Å². The smallest absolute Gasteiger partial charge is 0.322 e. The van der Waals surface area contributed by atoms with E-state index in [4.69, 9.17) is 4.74 Å². The molecular weight excluding hydrogens is 404 g/mol. The molecule has 1 unspecified atom stereocenters. The van der Waals surface area contributed by atoms with Gasteiger partial charge in [-0.3, -0.25) is 4.79 Å². The van der Waals surface area contributed by atoms with Crippen LogP contribution in [0, 0.1) is 5.92 Å². The third-order valence-electron chi connectivity index (χ3n) is 5.42. The fourth-order valence-corrected chi connectivity index (χ4v) is 5.05. The predicted octanol–water partition coefficient (Wildman–Crippen LogP) is 2.95. The second-order valence-electron chi connectivity index (χ2n) is 8.09. The van der Waals surface area contributed by atoms with Crippen LogP contribution in [0.5, 0.6) is 5.75 Å². The highest BCUT2D eigenvalue weighted by Crippen LogP contribution is 2.18. The first-order chi connectivity index (χ1) is 14.4. The van der Waals surface area contributed by atoms with Crippen LogP contribution >= 0.6 is 0 Å². The molecular formula is C22H36N2O5S. The number of hydrogen-bond acceptors (Lipinski definition) is 5. The van der Waals surface area contributed by atoms with Crippen molar-refractivity contribution in [2.24, 2.45) is 5.92 Å². The molecule has 1 aromatic rings. The normalized spacial score (nSPS) is 18.1. The molecule has 1 heterocycles. The maximum absolute atomic E-state index is 12.0. The van der Waals surface area contributed by atoms with Crippen molar-refractivity contribution in [3.05, 3.63) is 29.8 Å². The lowest BCUT2D eigenvalue weighted by atomic mass is 9.94. The minimum atomic E-state index is -3.60. The number of sulfonamides is 1. The van der Waals surface area contributed by atoms with Crippen LogP contribution < -0.4 is 14.8 Å². The van der Waals surface area contributed by atoms with Gasteiger partial charge in [0.1, 0.15) is 11.8 Å². The number of piperidine rings is 1. The number of hydrogen-bond donors (Lipinski definition) is 3.